The lowest BCUT2D eigenvalue weighted by atomic mass is 10.0. The van der Waals surface area contributed by atoms with Crippen LogP contribution in [-0.2, 0) is 4.74 Å². The van der Waals surface area contributed by atoms with Crippen molar-refractivity contribution in [3.8, 4) is 0 Å². The molecule has 6 heteroatoms. The standard InChI is InChI=1S/C6H12O4S2/c7-1-2-4(11)3(8)5(12)6(9)10-2/h2-9,11-12H,1H2/t2-,3+,4-,5+,6-/m1/s1. The number of hydrogen-bond acceptors (Lipinski definition) is 6. The first-order valence-corrected chi connectivity index (χ1v) is 4.59. The maximum Gasteiger partial charge on any atom is 0.169 e. The Labute approximate surface area is 81.4 Å². The van der Waals surface area contributed by atoms with Crippen molar-refractivity contribution in [2.24, 2.45) is 0 Å². The number of thiol groups is 2. The van der Waals surface area contributed by atoms with Crippen molar-refractivity contribution >= 4 is 25.3 Å². The van der Waals surface area contributed by atoms with Crippen LogP contribution in [0.3, 0.4) is 0 Å². The molecule has 0 aliphatic carbocycles. The molecule has 0 amide bonds. The van der Waals surface area contributed by atoms with E-state index in [0.29, 0.717) is 0 Å². The van der Waals surface area contributed by atoms with Crippen LogP contribution >= 0.6 is 25.3 Å². The molecule has 0 saturated carbocycles. The zero-order chi connectivity index (χ0) is 9.30. The van der Waals surface area contributed by atoms with E-state index in [2.05, 4.69) is 25.3 Å². The lowest BCUT2D eigenvalue weighted by Gasteiger charge is -2.38. The van der Waals surface area contributed by atoms with Crippen molar-refractivity contribution < 1.29 is 20.1 Å². The van der Waals surface area contributed by atoms with Gasteiger partial charge in [-0.25, -0.2) is 0 Å². The van der Waals surface area contributed by atoms with Crippen molar-refractivity contribution in [2.45, 2.75) is 29.0 Å². The first kappa shape index (κ1) is 10.6. The highest BCUT2D eigenvalue weighted by Crippen LogP contribution is 2.26. The minimum Gasteiger partial charge on any atom is -0.394 e. The molecule has 1 rings (SSSR count). The highest BCUT2D eigenvalue weighted by Gasteiger charge is 2.40. The average molecular weight is 212 g/mol. The van der Waals surface area contributed by atoms with Crippen molar-refractivity contribution in [2.75, 3.05) is 6.61 Å². The van der Waals surface area contributed by atoms with Gasteiger partial charge in [-0.05, 0) is 0 Å². The van der Waals surface area contributed by atoms with E-state index in [0.717, 1.165) is 0 Å². The third kappa shape index (κ3) is 1.89. The minimum absolute atomic E-state index is 0.275. The van der Waals surface area contributed by atoms with Crippen LogP contribution in [0.15, 0.2) is 0 Å². The molecule has 0 bridgehead atoms. The fourth-order valence-electron chi connectivity index (χ4n) is 1.08. The van der Waals surface area contributed by atoms with Gasteiger partial charge < -0.3 is 20.1 Å². The lowest BCUT2D eigenvalue weighted by molar-refractivity contribution is -0.188. The number of aliphatic hydroxyl groups excluding tert-OH is 3. The maximum atomic E-state index is 9.41. The smallest absolute Gasteiger partial charge is 0.169 e. The molecule has 3 N–H and O–H groups in total. The second-order valence-corrected chi connectivity index (χ2v) is 3.91. The summed E-state index contributed by atoms with van der Waals surface area (Å²) in [5, 5.41) is 26.2. The molecule has 0 aromatic rings. The van der Waals surface area contributed by atoms with E-state index < -0.39 is 29.0 Å². The molecular formula is C6H12O4S2. The molecule has 12 heavy (non-hydrogen) atoms. The first-order valence-electron chi connectivity index (χ1n) is 3.56. The lowest BCUT2D eigenvalue weighted by Crippen LogP contribution is -2.54. The molecular weight excluding hydrogens is 200 g/mol. The molecule has 5 atom stereocenters. The highest BCUT2D eigenvalue weighted by atomic mass is 32.1. The summed E-state index contributed by atoms with van der Waals surface area (Å²) in [7, 11) is 0. The number of aliphatic hydroxyl groups is 3. The van der Waals surface area contributed by atoms with Gasteiger partial charge in [0.1, 0.15) is 0 Å². The summed E-state index contributed by atoms with van der Waals surface area (Å²) < 4.78 is 4.92. The van der Waals surface area contributed by atoms with Gasteiger partial charge in [-0.1, -0.05) is 0 Å². The SMILES string of the molecule is OC[C@H]1O[C@@H](O)[C@@H](S)[C@@H](O)[C@@H]1S. The Morgan fingerprint density at radius 1 is 1.17 bits per heavy atom. The Bertz CT molecular complexity index is 152. The Hall–Kier alpha value is 0.540. The van der Waals surface area contributed by atoms with Crippen LogP contribution in [0.2, 0.25) is 0 Å². The molecule has 1 fully saturated rings. The summed E-state index contributed by atoms with van der Waals surface area (Å²) in [5.41, 5.74) is 0. The summed E-state index contributed by atoms with van der Waals surface area (Å²) >= 11 is 7.97. The van der Waals surface area contributed by atoms with Crippen LogP contribution in [0.5, 0.6) is 0 Å². The predicted octanol–water partition coefficient (Wildman–Crippen LogP) is -1.35. The van der Waals surface area contributed by atoms with E-state index in [9.17, 15) is 5.11 Å². The quantitative estimate of drug-likeness (QED) is 0.349. The van der Waals surface area contributed by atoms with Gasteiger partial charge in [-0.2, -0.15) is 25.3 Å². The van der Waals surface area contributed by atoms with Crippen LogP contribution in [-0.4, -0.2) is 50.9 Å². The summed E-state index contributed by atoms with van der Waals surface area (Å²) in [6.07, 6.45) is -2.66. The van der Waals surface area contributed by atoms with Crippen molar-refractivity contribution in [3.05, 3.63) is 0 Å². The normalized spacial score (nSPS) is 49.2. The second kappa shape index (κ2) is 4.17. The molecule has 4 nitrogen and oxygen atoms in total. The number of ether oxygens (including phenoxy) is 1. The van der Waals surface area contributed by atoms with Crippen LogP contribution in [0.1, 0.15) is 0 Å². The van der Waals surface area contributed by atoms with Crippen LogP contribution in [0.25, 0.3) is 0 Å². The summed E-state index contributed by atoms with van der Waals surface area (Å²) in [6, 6.07) is 0. The van der Waals surface area contributed by atoms with Crippen LogP contribution in [0, 0.1) is 0 Å². The number of rotatable bonds is 1. The van der Waals surface area contributed by atoms with Gasteiger partial charge in [0.15, 0.2) is 6.29 Å². The fourth-order valence-corrected chi connectivity index (χ4v) is 1.82. The van der Waals surface area contributed by atoms with Crippen molar-refractivity contribution in [1.29, 1.82) is 0 Å². The predicted molar refractivity (Wildman–Crippen MR) is 49.5 cm³/mol. The maximum absolute atomic E-state index is 9.41. The van der Waals surface area contributed by atoms with E-state index in [-0.39, 0.29) is 6.61 Å². The molecule has 1 heterocycles. The van der Waals surface area contributed by atoms with E-state index in [1.165, 1.54) is 0 Å². The Morgan fingerprint density at radius 3 is 2.25 bits per heavy atom. The molecule has 1 aliphatic rings. The van der Waals surface area contributed by atoms with Gasteiger partial charge >= 0.3 is 0 Å². The van der Waals surface area contributed by atoms with E-state index in [1.807, 2.05) is 0 Å². The zero-order valence-corrected chi connectivity index (χ0v) is 8.03. The average Bonchev–Trinajstić information content (AvgIpc) is 2.08. The second-order valence-electron chi connectivity index (χ2n) is 2.72. The Balaban J connectivity index is 2.63. The van der Waals surface area contributed by atoms with E-state index >= 15 is 0 Å². The third-order valence-corrected chi connectivity index (χ3v) is 3.07. The largest absolute Gasteiger partial charge is 0.394 e. The first-order chi connectivity index (χ1) is 5.57. The Morgan fingerprint density at radius 2 is 1.75 bits per heavy atom. The summed E-state index contributed by atoms with van der Waals surface area (Å²) in [6.45, 7) is -0.275. The minimum atomic E-state index is -1.15. The van der Waals surface area contributed by atoms with E-state index in [4.69, 9.17) is 14.9 Å². The van der Waals surface area contributed by atoms with Gasteiger partial charge in [0, 0.05) is 0 Å². The summed E-state index contributed by atoms with van der Waals surface area (Å²) in [4.78, 5) is 0. The van der Waals surface area contributed by atoms with Gasteiger partial charge in [-0.15, -0.1) is 0 Å². The number of hydrogen-bond donors (Lipinski definition) is 5. The van der Waals surface area contributed by atoms with Gasteiger partial charge in [0.05, 0.1) is 29.3 Å². The summed E-state index contributed by atoms with van der Waals surface area (Å²) in [5.74, 6) is 0. The monoisotopic (exact) mass is 212 g/mol. The molecule has 0 aromatic heterocycles. The molecule has 0 spiro atoms. The third-order valence-electron chi connectivity index (χ3n) is 1.87. The zero-order valence-electron chi connectivity index (χ0n) is 6.24. The Kier molecular flexibility index (Phi) is 3.69. The van der Waals surface area contributed by atoms with Crippen molar-refractivity contribution in [3.63, 3.8) is 0 Å². The van der Waals surface area contributed by atoms with Crippen LogP contribution in [0.4, 0.5) is 0 Å². The molecule has 72 valence electrons. The van der Waals surface area contributed by atoms with E-state index in [1.54, 1.807) is 0 Å². The van der Waals surface area contributed by atoms with Gasteiger partial charge in [0.2, 0.25) is 0 Å². The topological polar surface area (TPSA) is 69.9 Å². The molecule has 1 saturated heterocycles. The van der Waals surface area contributed by atoms with Gasteiger partial charge in [0.25, 0.3) is 0 Å². The molecule has 0 aromatic carbocycles. The fraction of sp³-hybridized carbons (Fsp3) is 1.00. The molecule has 1 aliphatic heterocycles. The van der Waals surface area contributed by atoms with Gasteiger partial charge in [-0.3, -0.25) is 0 Å². The van der Waals surface area contributed by atoms with Crippen LogP contribution < -0.4 is 0 Å². The molecule has 0 radical (unpaired) electrons. The highest BCUT2D eigenvalue weighted by molar-refractivity contribution is 7.82. The van der Waals surface area contributed by atoms with Crippen molar-refractivity contribution in [1.82, 2.24) is 0 Å². The molecule has 0 unspecified atom stereocenters.